The van der Waals surface area contributed by atoms with Crippen LogP contribution in [0.1, 0.15) is 11.4 Å². The van der Waals surface area contributed by atoms with Crippen LogP contribution < -0.4 is 10.6 Å². The molecule has 0 heterocycles. The fraction of sp³-hybridized carbons (Fsp3) is 0.0526. The zero-order valence-electron chi connectivity index (χ0n) is 12.3. The van der Waals surface area contributed by atoms with Gasteiger partial charge in [-0.25, -0.2) is 0 Å². The Balaban J connectivity index is 2.16. The van der Waals surface area contributed by atoms with E-state index in [2.05, 4.69) is 15.9 Å². The quantitative estimate of drug-likeness (QED) is 0.672. The van der Waals surface area contributed by atoms with Crippen molar-refractivity contribution >= 4 is 33.7 Å². The summed E-state index contributed by atoms with van der Waals surface area (Å²) in [5, 5.41) is 12.3. The molecular weight excluding hydrogens is 371 g/mol. The van der Waals surface area contributed by atoms with Crippen molar-refractivity contribution in [2.45, 2.75) is 5.85 Å². The van der Waals surface area contributed by atoms with E-state index < -0.39 is 13.0 Å². The van der Waals surface area contributed by atoms with Gasteiger partial charge in [0.2, 0.25) is 0 Å². The number of halogens is 1. The number of rotatable bonds is 4. The van der Waals surface area contributed by atoms with E-state index in [4.69, 9.17) is 0 Å². The van der Waals surface area contributed by atoms with Crippen molar-refractivity contribution in [3.8, 4) is 0 Å². The van der Waals surface area contributed by atoms with Crippen LogP contribution >= 0.6 is 23.1 Å². The molecule has 2 nitrogen and oxygen atoms in total. The summed E-state index contributed by atoms with van der Waals surface area (Å²) in [5.74, 6) is -1.08. The van der Waals surface area contributed by atoms with Crippen molar-refractivity contribution in [3.05, 3.63) is 95.0 Å². The predicted molar refractivity (Wildman–Crippen MR) is 98.9 cm³/mol. The van der Waals surface area contributed by atoms with Gasteiger partial charge in [-0.3, -0.25) is 0 Å². The summed E-state index contributed by atoms with van der Waals surface area (Å²) in [6.07, 6.45) is 0. The molecule has 0 radical (unpaired) electrons. The van der Waals surface area contributed by atoms with Gasteiger partial charge in [-0.05, 0) is 17.7 Å². The molecule has 0 spiro atoms. The molecule has 0 unspecified atom stereocenters. The number of hydrogen-bond acceptors (Lipinski definition) is 2. The standard InChI is InChI=1S/C19H16BrO2P/c20-16-13-11-15(12-14-16)19(21)23(22,17-7-3-1-4-8-17)18-9-5-2-6-10-18/h1-14,19,21H/t19-/m0/s1. The first-order valence-electron chi connectivity index (χ1n) is 7.27. The third-order valence-corrected chi connectivity index (χ3v) is 7.44. The van der Waals surface area contributed by atoms with E-state index >= 15 is 0 Å². The zero-order valence-corrected chi connectivity index (χ0v) is 14.8. The van der Waals surface area contributed by atoms with Crippen LogP contribution in [0, 0.1) is 0 Å². The fourth-order valence-electron chi connectivity index (χ4n) is 2.58. The maximum absolute atomic E-state index is 13.9. The number of aliphatic hydroxyl groups is 1. The van der Waals surface area contributed by atoms with Gasteiger partial charge >= 0.3 is 0 Å². The van der Waals surface area contributed by atoms with Gasteiger partial charge in [-0.15, -0.1) is 0 Å². The Morgan fingerprint density at radius 3 is 1.61 bits per heavy atom. The van der Waals surface area contributed by atoms with Gasteiger partial charge in [0.25, 0.3) is 0 Å². The van der Waals surface area contributed by atoms with Crippen LogP contribution in [0.5, 0.6) is 0 Å². The van der Waals surface area contributed by atoms with Crippen LogP contribution in [0.2, 0.25) is 0 Å². The normalized spacial score (nSPS) is 12.8. The third kappa shape index (κ3) is 3.18. The second-order valence-electron chi connectivity index (χ2n) is 5.25. The molecule has 1 atom stereocenters. The smallest absolute Gasteiger partial charge is 0.174 e. The predicted octanol–water partition coefficient (Wildman–Crippen LogP) is 4.45. The number of benzene rings is 3. The molecular formula is C19H16BrO2P. The highest BCUT2D eigenvalue weighted by molar-refractivity contribution is 9.10. The van der Waals surface area contributed by atoms with Crippen LogP contribution in [-0.2, 0) is 4.57 Å². The molecule has 116 valence electrons. The summed E-state index contributed by atoms with van der Waals surface area (Å²) in [7, 11) is -3.21. The van der Waals surface area contributed by atoms with E-state index in [0.29, 0.717) is 16.2 Å². The summed E-state index contributed by atoms with van der Waals surface area (Å²) >= 11 is 3.38. The minimum absolute atomic E-state index is 0.643. The first kappa shape index (κ1) is 16.2. The summed E-state index contributed by atoms with van der Waals surface area (Å²) in [6, 6.07) is 25.7. The maximum Gasteiger partial charge on any atom is 0.174 e. The average Bonchev–Trinajstić information content (AvgIpc) is 2.62. The van der Waals surface area contributed by atoms with Crippen LogP contribution in [0.25, 0.3) is 0 Å². The van der Waals surface area contributed by atoms with Gasteiger partial charge in [-0.2, -0.15) is 0 Å². The van der Waals surface area contributed by atoms with Crippen molar-refractivity contribution in [1.29, 1.82) is 0 Å². The molecule has 0 amide bonds. The van der Waals surface area contributed by atoms with Crippen LogP contribution in [0.4, 0.5) is 0 Å². The van der Waals surface area contributed by atoms with Gasteiger partial charge in [-0.1, -0.05) is 88.7 Å². The lowest BCUT2D eigenvalue weighted by Crippen LogP contribution is -2.21. The minimum atomic E-state index is -3.21. The zero-order chi connectivity index (χ0) is 16.3. The molecule has 0 saturated heterocycles. The van der Waals surface area contributed by atoms with Crippen molar-refractivity contribution in [2.24, 2.45) is 0 Å². The van der Waals surface area contributed by atoms with Crippen LogP contribution in [0.3, 0.4) is 0 Å². The van der Waals surface area contributed by atoms with Crippen molar-refractivity contribution in [3.63, 3.8) is 0 Å². The van der Waals surface area contributed by atoms with Crippen LogP contribution in [0.15, 0.2) is 89.4 Å². The molecule has 0 aliphatic carbocycles. The Morgan fingerprint density at radius 1 is 0.739 bits per heavy atom. The Bertz CT molecular complexity index is 774. The Labute approximate surface area is 144 Å². The molecule has 3 aromatic rings. The number of hydrogen-bond donors (Lipinski definition) is 1. The molecule has 1 N–H and O–H groups in total. The molecule has 0 aliphatic heterocycles. The first-order chi connectivity index (χ1) is 11.1. The largest absolute Gasteiger partial charge is 0.380 e. The van der Waals surface area contributed by atoms with Crippen molar-refractivity contribution in [2.75, 3.05) is 0 Å². The van der Waals surface area contributed by atoms with Gasteiger partial charge < -0.3 is 9.67 Å². The highest BCUT2D eigenvalue weighted by Crippen LogP contribution is 2.55. The SMILES string of the molecule is O=P(c1ccccc1)(c1ccccc1)[C@H](O)c1ccc(Br)cc1. The van der Waals surface area contributed by atoms with Gasteiger partial charge in [0.1, 0.15) is 5.85 Å². The minimum Gasteiger partial charge on any atom is -0.380 e. The summed E-state index contributed by atoms with van der Waals surface area (Å²) in [6.45, 7) is 0. The highest BCUT2D eigenvalue weighted by Gasteiger charge is 2.36. The Hall–Kier alpha value is -1.67. The summed E-state index contributed by atoms with van der Waals surface area (Å²) in [5.41, 5.74) is 0.643. The highest BCUT2D eigenvalue weighted by atomic mass is 79.9. The first-order valence-corrected chi connectivity index (χ1v) is 9.84. The monoisotopic (exact) mass is 386 g/mol. The van der Waals surface area contributed by atoms with E-state index in [0.717, 1.165) is 4.47 Å². The fourth-order valence-corrected chi connectivity index (χ4v) is 5.52. The average molecular weight is 387 g/mol. The second kappa shape index (κ2) is 6.84. The van der Waals surface area contributed by atoms with E-state index in [-0.39, 0.29) is 0 Å². The lowest BCUT2D eigenvalue weighted by atomic mass is 10.2. The summed E-state index contributed by atoms with van der Waals surface area (Å²) in [4.78, 5) is 0. The Kier molecular flexibility index (Phi) is 4.82. The van der Waals surface area contributed by atoms with E-state index in [1.165, 1.54) is 0 Å². The van der Waals surface area contributed by atoms with Gasteiger partial charge in [0.05, 0.1) is 0 Å². The van der Waals surface area contributed by atoms with E-state index in [1.807, 2.05) is 72.8 Å². The van der Waals surface area contributed by atoms with Crippen molar-refractivity contribution in [1.82, 2.24) is 0 Å². The van der Waals surface area contributed by atoms with Gasteiger partial charge in [0.15, 0.2) is 7.14 Å². The van der Waals surface area contributed by atoms with Gasteiger partial charge in [0, 0.05) is 15.1 Å². The molecule has 0 saturated carbocycles. The molecule has 4 heteroatoms. The van der Waals surface area contributed by atoms with E-state index in [9.17, 15) is 9.67 Å². The lowest BCUT2D eigenvalue weighted by Gasteiger charge is -2.25. The maximum atomic E-state index is 13.9. The summed E-state index contributed by atoms with van der Waals surface area (Å²) < 4.78 is 14.9. The van der Waals surface area contributed by atoms with E-state index in [1.54, 1.807) is 12.1 Å². The second-order valence-corrected chi connectivity index (χ2v) is 9.01. The molecule has 3 rings (SSSR count). The Morgan fingerprint density at radius 2 is 1.17 bits per heavy atom. The topological polar surface area (TPSA) is 37.3 Å². The number of aliphatic hydroxyl groups excluding tert-OH is 1. The molecule has 23 heavy (non-hydrogen) atoms. The van der Waals surface area contributed by atoms with Crippen molar-refractivity contribution < 1.29 is 9.67 Å². The lowest BCUT2D eigenvalue weighted by molar-refractivity contribution is 0.257. The molecule has 0 aromatic heterocycles. The third-order valence-electron chi connectivity index (χ3n) is 3.79. The molecule has 0 fully saturated rings. The molecule has 0 aliphatic rings. The molecule has 0 bridgehead atoms. The molecule has 3 aromatic carbocycles. The van der Waals surface area contributed by atoms with Crippen LogP contribution in [-0.4, -0.2) is 5.11 Å².